The van der Waals surface area contributed by atoms with E-state index in [2.05, 4.69) is 43.1 Å². The van der Waals surface area contributed by atoms with Crippen molar-refractivity contribution in [2.24, 2.45) is 5.73 Å². The molecule has 0 saturated carbocycles. The highest BCUT2D eigenvalue weighted by atomic mass is 16.5. The lowest BCUT2D eigenvalue weighted by molar-refractivity contribution is 0.100. The number of ether oxygens (including phenoxy) is 1. The van der Waals surface area contributed by atoms with E-state index in [1.165, 1.54) is 17.3 Å². The van der Waals surface area contributed by atoms with E-state index in [9.17, 15) is 9.90 Å². The van der Waals surface area contributed by atoms with Gasteiger partial charge < -0.3 is 31.0 Å². The Morgan fingerprint density at radius 2 is 1.83 bits per heavy atom. The van der Waals surface area contributed by atoms with Gasteiger partial charge in [0.1, 0.15) is 23.7 Å². The fourth-order valence-corrected chi connectivity index (χ4v) is 5.29. The first kappa shape index (κ1) is 28.5. The molecular formula is C30H37N7O4. The molecule has 11 nitrogen and oxygen atoms in total. The zero-order valence-electron chi connectivity index (χ0n) is 23.3. The summed E-state index contributed by atoms with van der Waals surface area (Å²) >= 11 is 0. The second-order valence-electron chi connectivity index (χ2n) is 10.1. The molecule has 1 aliphatic heterocycles. The molecule has 3 heterocycles. The van der Waals surface area contributed by atoms with E-state index in [1.54, 1.807) is 0 Å². The summed E-state index contributed by atoms with van der Waals surface area (Å²) in [6.07, 6.45) is 2.27. The maximum atomic E-state index is 12.5. The number of anilines is 2. The zero-order valence-corrected chi connectivity index (χ0v) is 23.3. The third-order valence-corrected chi connectivity index (χ3v) is 7.43. The number of rotatable bonds is 12. The van der Waals surface area contributed by atoms with Gasteiger partial charge in [-0.2, -0.15) is 0 Å². The number of aromatic amines is 1. The van der Waals surface area contributed by atoms with Crippen LogP contribution in [0.15, 0.2) is 48.7 Å². The highest BCUT2D eigenvalue weighted by Crippen LogP contribution is 2.33. The van der Waals surface area contributed by atoms with Crippen LogP contribution in [0.5, 0.6) is 5.75 Å². The van der Waals surface area contributed by atoms with Crippen LogP contribution < -0.4 is 15.8 Å². The first-order valence-corrected chi connectivity index (χ1v) is 14.0. The average molecular weight is 560 g/mol. The monoisotopic (exact) mass is 559 g/mol. The molecule has 2 aromatic carbocycles. The van der Waals surface area contributed by atoms with Crippen LogP contribution in [0.2, 0.25) is 0 Å². The number of aliphatic hydroxyl groups excluding tert-OH is 2. The van der Waals surface area contributed by atoms with E-state index in [0.29, 0.717) is 28.4 Å². The van der Waals surface area contributed by atoms with E-state index in [1.807, 2.05) is 36.4 Å². The number of hydrogen-bond acceptors (Lipinski definition) is 9. The van der Waals surface area contributed by atoms with Crippen LogP contribution in [0.1, 0.15) is 28.4 Å². The number of pyridine rings is 1. The zero-order chi connectivity index (χ0) is 28.8. The number of H-pyrrole nitrogens is 1. The normalized spacial score (nSPS) is 14.4. The van der Waals surface area contributed by atoms with Crippen LogP contribution >= 0.6 is 0 Å². The van der Waals surface area contributed by atoms with Crippen molar-refractivity contribution in [2.45, 2.75) is 19.9 Å². The minimum Gasteiger partial charge on any atom is -0.491 e. The molecule has 0 bridgehead atoms. The lowest BCUT2D eigenvalue weighted by Crippen LogP contribution is -2.46. The molecule has 1 saturated heterocycles. The molecule has 5 rings (SSSR count). The number of imidazole rings is 1. The Hall–Kier alpha value is -4.03. The van der Waals surface area contributed by atoms with Gasteiger partial charge in [0.2, 0.25) is 0 Å². The summed E-state index contributed by atoms with van der Waals surface area (Å²) in [5.74, 6) is 0.656. The van der Waals surface area contributed by atoms with E-state index < -0.39 is 5.91 Å². The van der Waals surface area contributed by atoms with Crippen LogP contribution in [-0.4, -0.2) is 93.4 Å². The Balaban J connectivity index is 1.44. The van der Waals surface area contributed by atoms with Gasteiger partial charge in [0.05, 0.1) is 24.5 Å². The number of benzene rings is 2. The quantitative estimate of drug-likeness (QED) is 0.176. The number of carbonyl (C=O) groups is 1. The van der Waals surface area contributed by atoms with Crippen LogP contribution in [0.3, 0.4) is 0 Å². The van der Waals surface area contributed by atoms with Crippen LogP contribution in [0.4, 0.5) is 11.4 Å². The molecule has 0 aliphatic carbocycles. The smallest absolute Gasteiger partial charge is 0.252 e. The number of carbonyl (C=O) groups excluding carboxylic acids is 1. The Morgan fingerprint density at radius 1 is 1.07 bits per heavy atom. The summed E-state index contributed by atoms with van der Waals surface area (Å²) < 4.78 is 5.46. The van der Waals surface area contributed by atoms with Gasteiger partial charge in [-0.1, -0.05) is 19.1 Å². The summed E-state index contributed by atoms with van der Waals surface area (Å²) in [5, 5.41) is 21.7. The fraction of sp³-hybridized carbons (Fsp3) is 0.367. The van der Waals surface area contributed by atoms with Crippen molar-refractivity contribution < 1.29 is 19.7 Å². The number of aromatic nitrogens is 3. The predicted octanol–water partition coefficient (Wildman–Crippen LogP) is 2.51. The van der Waals surface area contributed by atoms with Crippen molar-refractivity contribution in [2.75, 3.05) is 57.9 Å². The molecule has 11 heteroatoms. The minimum absolute atomic E-state index is 0.0555. The summed E-state index contributed by atoms with van der Waals surface area (Å²) in [5.41, 5.74) is 11.8. The number of β-amino-alcohol motifs (C(OH)–C–C–N with tert-alkyl or cyclic N) is 1. The Bertz CT molecular complexity index is 1480. The van der Waals surface area contributed by atoms with E-state index in [0.717, 1.165) is 56.9 Å². The molecule has 0 unspecified atom stereocenters. The highest BCUT2D eigenvalue weighted by Gasteiger charge is 2.21. The number of hydrogen-bond donors (Lipinski definition) is 5. The average Bonchev–Trinajstić information content (AvgIpc) is 3.43. The molecule has 6 N–H and O–H groups in total. The van der Waals surface area contributed by atoms with Gasteiger partial charge in [0.15, 0.2) is 5.65 Å². The topological polar surface area (TPSA) is 153 Å². The molecule has 0 radical (unpaired) electrons. The third-order valence-electron chi connectivity index (χ3n) is 7.43. The van der Waals surface area contributed by atoms with Crippen molar-refractivity contribution >= 4 is 28.4 Å². The van der Waals surface area contributed by atoms with Gasteiger partial charge in [-0.3, -0.25) is 14.6 Å². The predicted molar refractivity (Wildman–Crippen MR) is 158 cm³/mol. The second kappa shape index (κ2) is 13.1. The summed E-state index contributed by atoms with van der Waals surface area (Å²) in [4.78, 5) is 29.6. The molecule has 2 aromatic heterocycles. The van der Waals surface area contributed by atoms with Gasteiger partial charge >= 0.3 is 0 Å². The molecule has 1 fully saturated rings. The van der Waals surface area contributed by atoms with Gasteiger partial charge in [-0.05, 0) is 47.9 Å². The Labute approximate surface area is 239 Å². The van der Waals surface area contributed by atoms with Gasteiger partial charge in [-0.25, -0.2) is 9.97 Å². The van der Waals surface area contributed by atoms with E-state index in [-0.39, 0.29) is 25.4 Å². The Morgan fingerprint density at radius 3 is 2.51 bits per heavy atom. The van der Waals surface area contributed by atoms with Crippen molar-refractivity contribution in [1.29, 1.82) is 0 Å². The number of nitrogens with one attached hydrogen (secondary N) is 2. The third kappa shape index (κ3) is 6.49. The number of amides is 1. The molecule has 1 aliphatic rings. The molecule has 1 amide bonds. The maximum Gasteiger partial charge on any atom is 0.252 e. The highest BCUT2D eigenvalue weighted by molar-refractivity contribution is 6.06. The van der Waals surface area contributed by atoms with Gasteiger partial charge in [0, 0.05) is 56.7 Å². The molecule has 0 spiro atoms. The number of piperazine rings is 1. The largest absolute Gasteiger partial charge is 0.491 e. The number of primary amides is 1. The van der Waals surface area contributed by atoms with Crippen molar-refractivity contribution in [3.8, 4) is 17.1 Å². The molecule has 41 heavy (non-hydrogen) atoms. The van der Waals surface area contributed by atoms with E-state index >= 15 is 0 Å². The summed E-state index contributed by atoms with van der Waals surface area (Å²) in [6, 6.07) is 13.6. The SMILES string of the molecule is CCc1c(CN2CCN(CCO)CC2)cccc1Nc1c(C(N)=O)cnc2nc(-c3ccc(OCCO)cc3)[nH]c12. The first-order chi connectivity index (χ1) is 20.0. The molecule has 216 valence electrons. The van der Waals surface area contributed by atoms with E-state index in [4.69, 9.17) is 15.6 Å². The molecule has 0 atom stereocenters. The van der Waals surface area contributed by atoms with Crippen molar-refractivity contribution in [3.63, 3.8) is 0 Å². The fourth-order valence-electron chi connectivity index (χ4n) is 5.29. The van der Waals surface area contributed by atoms with Crippen LogP contribution in [-0.2, 0) is 13.0 Å². The second-order valence-corrected chi connectivity index (χ2v) is 10.1. The number of aliphatic hydroxyl groups is 2. The van der Waals surface area contributed by atoms with Crippen LogP contribution in [0.25, 0.3) is 22.6 Å². The maximum absolute atomic E-state index is 12.5. The first-order valence-electron chi connectivity index (χ1n) is 14.0. The van der Waals surface area contributed by atoms with Gasteiger partial charge in [0.25, 0.3) is 5.91 Å². The lowest BCUT2D eigenvalue weighted by atomic mass is 10.0. The molecule has 4 aromatic rings. The number of nitrogens with zero attached hydrogens (tertiary/aromatic N) is 4. The minimum atomic E-state index is -0.585. The lowest BCUT2D eigenvalue weighted by Gasteiger charge is -2.34. The number of fused-ring (bicyclic) bond motifs is 1. The van der Waals surface area contributed by atoms with Gasteiger partial charge in [-0.15, -0.1) is 0 Å². The van der Waals surface area contributed by atoms with Crippen molar-refractivity contribution in [3.05, 3.63) is 65.4 Å². The Kier molecular flexibility index (Phi) is 9.10. The molecular weight excluding hydrogens is 522 g/mol. The van der Waals surface area contributed by atoms with Crippen LogP contribution in [0, 0.1) is 0 Å². The summed E-state index contributed by atoms with van der Waals surface area (Å²) in [7, 11) is 0. The number of nitrogens with two attached hydrogens (primary N) is 1. The van der Waals surface area contributed by atoms with Crippen molar-refractivity contribution in [1.82, 2.24) is 24.8 Å². The standard InChI is InChI=1S/C30H37N7O4/c1-2-23-21(19-37-12-10-36(11-13-37)14-15-38)4-3-5-25(23)33-26-24(28(31)40)18-32-30-27(26)34-29(35-30)20-6-8-22(9-7-20)41-17-16-39/h3-9,18,38-39H,2,10-17,19H2,1H3,(H2,31,40)(H2,32,33,34,35). The summed E-state index contributed by atoms with van der Waals surface area (Å²) in [6.45, 7) is 7.81.